The van der Waals surface area contributed by atoms with Crippen LogP contribution in [-0.4, -0.2) is 25.0 Å². The predicted molar refractivity (Wildman–Crippen MR) is 76.6 cm³/mol. The van der Waals surface area contributed by atoms with Crippen molar-refractivity contribution in [1.82, 2.24) is 4.90 Å². The highest BCUT2D eigenvalue weighted by molar-refractivity contribution is 5.95. The third kappa shape index (κ3) is 2.93. The van der Waals surface area contributed by atoms with Crippen molar-refractivity contribution in [1.29, 1.82) is 0 Å². The Balaban J connectivity index is 2.14. The van der Waals surface area contributed by atoms with Crippen LogP contribution in [0, 0.1) is 6.92 Å². The van der Waals surface area contributed by atoms with Crippen LogP contribution in [0.3, 0.4) is 0 Å². The van der Waals surface area contributed by atoms with E-state index in [2.05, 4.69) is 0 Å². The number of ether oxygens (including phenoxy) is 1. The number of nitrogens with zero attached hydrogens (tertiary/aromatic N) is 1. The molecule has 0 aliphatic carbocycles. The van der Waals surface area contributed by atoms with E-state index in [0.717, 1.165) is 11.5 Å². The fraction of sp³-hybridized carbons (Fsp3) is 0.267. The number of furan rings is 1. The molecule has 1 aromatic heterocycles. The van der Waals surface area contributed by atoms with E-state index in [1.807, 2.05) is 19.1 Å². The Morgan fingerprint density at radius 3 is 2.70 bits per heavy atom. The molecule has 2 aromatic rings. The SMILES string of the molecule is COc1cc(C(=O)N(C)Cc2ccc(C)o2)ccc1N. The number of anilines is 1. The Morgan fingerprint density at radius 2 is 2.10 bits per heavy atom. The second kappa shape index (κ2) is 5.69. The summed E-state index contributed by atoms with van der Waals surface area (Å²) in [7, 11) is 3.25. The molecule has 2 N–H and O–H groups in total. The number of methoxy groups -OCH3 is 1. The molecule has 0 aliphatic heterocycles. The van der Waals surface area contributed by atoms with Crippen molar-refractivity contribution in [3.05, 3.63) is 47.4 Å². The molecular weight excluding hydrogens is 256 g/mol. The van der Waals surface area contributed by atoms with E-state index in [9.17, 15) is 4.79 Å². The Bertz CT molecular complexity index is 619. The maximum absolute atomic E-state index is 12.3. The Labute approximate surface area is 117 Å². The number of rotatable bonds is 4. The zero-order chi connectivity index (χ0) is 14.7. The number of hydrogen-bond donors (Lipinski definition) is 1. The minimum atomic E-state index is -0.114. The summed E-state index contributed by atoms with van der Waals surface area (Å²) >= 11 is 0. The highest BCUT2D eigenvalue weighted by atomic mass is 16.5. The second-order valence-corrected chi connectivity index (χ2v) is 4.63. The molecule has 0 saturated heterocycles. The first-order chi connectivity index (χ1) is 9.51. The first-order valence-electron chi connectivity index (χ1n) is 6.25. The van der Waals surface area contributed by atoms with Gasteiger partial charge in [0, 0.05) is 12.6 Å². The smallest absolute Gasteiger partial charge is 0.254 e. The monoisotopic (exact) mass is 274 g/mol. The van der Waals surface area contributed by atoms with E-state index in [4.69, 9.17) is 14.9 Å². The lowest BCUT2D eigenvalue weighted by molar-refractivity contribution is 0.0774. The van der Waals surface area contributed by atoms with Crippen LogP contribution in [0.1, 0.15) is 21.9 Å². The molecule has 5 heteroatoms. The Kier molecular flexibility index (Phi) is 3.98. The van der Waals surface area contributed by atoms with Crippen LogP contribution in [0.25, 0.3) is 0 Å². The number of nitrogen functional groups attached to an aromatic ring is 1. The lowest BCUT2D eigenvalue weighted by Crippen LogP contribution is -2.26. The number of benzene rings is 1. The summed E-state index contributed by atoms with van der Waals surface area (Å²) in [5, 5.41) is 0. The Hall–Kier alpha value is -2.43. The summed E-state index contributed by atoms with van der Waals surface area (Å²) in [6.45, 7) is 2.29. The van der Waals surface area contributed by atoms with Gasteiger partial charge < -0.3 is 19.8 Å². The van der Waals surface area contributed by atoms with Crippen molar-refractivity contribution in [2.75, 3.05) is 19.9 Å². The van der Waals surface area contributed by atoms with Gasteiger partial charge in [-0.3, -0.25) is 4.79 Å². The lowest BCUT2D eigenvalue weighted by Gasteiger charge is -2.16. The van der Waals surface area contributed by atoms with Crippen molar-refractivity contribution >= 4 is 11.6 Å². The van der Waals surface area contributed by atoms with Gasteiger partial charge in [-0.2, -0.15) is 0 Å². The molecule has 1 aromatic carbocycles. The third-order valence-corrected chi connectivity index (χ3v) is 3.02. The van der Waals surface area contributed by atoms with Gasteiger partial charge in [-0.15, -0.1) is 0 Å². The topological polar surface area (TPSA) is 68.7 Å². The van der Waals surface area contributed by atoms with E-state index in [1.165, 1.54) is 7.11 Å². The fourth-order valence-electron chi connectivity index (χ4n) is 1.94. The van der Waals surface area contributed by atoms with Crippen molar-refractivity contribution in [3.8, 4) is 5.75 Å². The van der Waals surface area contributed by atoms with Gasteiger partial charge in [0.05, 0.1) is 19.3 Å². The third-order valence-electron chi connectivity index (χ3n) is 3.02. The molecule has 106 valence electrons. The van der Waals surface area contributed by atoms with E-state index in [1.54, 1.807) is 30.1 Å². The number of amides is 1. The van der Waals surface area contributed by atoms with Crippen molar-refractivity contribution in [2.45, 2.75) is 13.5 Å². The quantitative estimate of drug-likeness (QED) is 0.869. The molecule has 0 bridgehead atoms. The summed E-state index contributed by atoms with van der Waals surface area (Å²) < 4.78 is 10.6. The van der Waals surface area contributed by atoms with Gasteiger partial charge in [-0.1, -0.05) is 0 Å². The van der Waals surface area contributed by atoms with Crippen LogP contribution < -0.4 is 10.5 Å². The van der Waals surface area contributed by atoms with Gasteiger partial charge in [0.25, 0.3) is 5.91 Å². The van der Waals surface area contributed by atoms with E-state index < -0.39 is 0 Å². The number of nitrogens with two attached hydrogens (primary N) is 1. The van der Waals surface area contributed by atoms with Crippen LogP contribution in [0.15, 0.2) is 34.7 Å². The molecule has 0 saturated carbocycles. The number of aryl methyl sites for hydroxylation is 1. The normalized spacial score (nSPS) is 10.3. The zero-order valence-electron chi connectivity index (χ0n) is 11.8. The maximum Gasteiger partial charge on any atom is 0.254 e. The summed E-state index contributed by atoms with van der Waals surface area (Å²) in [4.78, 5) is 13.9. The van der Waals surface area contributed by atoms with Crippen molar-refractivity contribution < 1.29 is 13.9 Å². The van der Waals surface area contributed by atoms with E-state index in [0.29, 0.717) is 23.5 Å². The molecule has 0 fully saturated rings. The molecule has 0 atom stereocenters. The minimum absolute atomic E-state index is 0.114. The average molecular weight is 274 g/mol. The maximum atomic E-state index is 12.3. The summed E-state index contributed by atoms with van der Waals surface area (Å²) in [5.74, 6) is 1.96. The van der Waals surface area contributed by atoms with Crippen LogP contribution in [-0.2, 0) is 6.54 Å². The Morgan fingerprint density at radius 1 is 1.35 bits per heavy atom. The first-order valence-corrected chi connectivity index (χ1v) is 6.25. The second-order valence-electron chi connectivity index (χ2n) is 4.63. The average Bonchev–Trinajstić information content (AvgIpc) is 2.83. The van der Waals surface area contributed by atoms with Gasteiger partial charge in [0.1, 0.15) is 17.3 Å². The summed E-state index contributed by atoms with van der Waals surface area (Å²) in [6.07, 6.45) is 0. The molecule has 2 rings (SSSR count). The van der Waals surface area contributed by atoms with Crippen LogP contribution in [0.5, 0.6) is 5.75 Å². The molecule has 0 spiro atoms. The molecule has 5 nitrogen and oxygen atoms in total. The highest BCUT2D eigenvalue weighted by Crippen LogP contribution is 2.23. The van der Waals surface area contributed by atoms with E-state index in [-0.39, 0.29) is 5.91 Å². The van der Waals surface area contributed by atoms with E-state index >= 15 is 0 Å². The van der Waals surface area contributed by atoms with Gasteiger partial charge in [0.2, 0.25) is 0 Å². The lowest BCUT2D eigenvalue weighted by atomic mass is 10.1. The molecule has 20 heavy (non-hydrogen) atoms. The fourth-order valence-corrected chi connectivity index (χ4v) is 1.94. The molecule has 1 heterocycles. The zero-order valence-corrected chi connectivity index (χ0v) is 11.8. The standard InChI is InChI=1S/C15H18N2O3/c1-10-4-6-12(20-10)9-17(2)15(18)11-5-7-13(16)14(8-11)19-3/h4-8H,9,16H2,1-3H3. The van der Waals surface area contributed by atoms with Gasteiger partial charge in [-0.25, -0.2) is 0 Å². The largest absolute Gasteiger partial charge is 0.495 e. The van der Waals surface area contributed by atoms with Gasteiger partial charge >= 0.3 is 0 Å². The number of hydrogen-bond acceptors (Lipinski definition) is 4. The molecule has 1 amide bonds. The van der Waals surface area contributed by atoms with Crippen molar-refractivity contribution in [3.63, 3.8) is 0 Å². The van der Waals surface area contributed by atoms with Crippen LogP contribution in [0.2, 0.25) is 0 Å². The van der Waals surface area contributed by atoms with Gasteiger partial charge in [-0.05, 0) is 37.3 Å². The minimum Gasteiger partial charge on any atom is -0.495 e. The van der Waals surface area contributed by atoms with Crippen molar-refractivity contribution in [2.24, 2.45) is 0 Å². The summed E-state index contributed by atoms with van der Waals surface area (Å²) in [6, 6.07) is 8.73. The highest BCUT2D eigenvalue weighted by Gasteiger charge is 2.15. The number of carbonyl (C=O) groups excluding carboxylic acids is 1. The van der Waals surface area contributed by atoms with Crippen LogP contribution >= 0.6 is 0 Å². The predicted octanol–water partition coefficient (Wildman–Crippen LogP) is 2.45. The molecular formula is C15H18N2O3. The summed E-state index contributed by atoms with van der Waals surface area (Å²) in [5.41, 5.74) is 6.77. The molecule has 0 aliphatic rings. The van der Waals surface area contributed by atoms with Gasteiger partial charge in [0.15, 0.2) is 0 Å². The molecule has 0 unspecified atom stereocenters. The number of carbonyl (C=O) groups is 1. The van der Waals surface area contributed by atoms with Crippen LogP contribution in [0.4, 0.5) is 5.69 Å². The molecule has 0 radical (unpaired) electrons. The first kappa shape index (κ1) is 14.0.